The van der Waals surface area contributed by atoms with E-state index in [0.717, 1.165) is 11.1 Å². The number of halogens is 1. The molecule has 0 aliphatic carbocycles. The van der Waals surface area contributed by atoms with Crippen LogP contribution in [-0.2, 0) is 15.6 Å². The minimum absolute atomic E-state index is 0.0138. The first kappa shape index (κ1) is 13.9. The molecule has 2 aromatic carbocycles. The van der Waals surface area contributed by atoms with E-state index in [-0.39, 0.29) is 21.4 Å². The first-order chi connectivity index (χ1) is 8.92. The second-order valence-corrected chi connectivity index (χ2v) is 6.68. The van der Waals surface area contributed by atoms with E-state index in [1.165, 1.54) is 12.1 Å². The zero-order chi connectivity index (χ0) is 14.0. The molecule has 0 aliphatic heterocycles. The fourth-order valence-electron chi connectivity index (χ4n) is 1.90. The van der Waals surface area contributed by atoms with Crippen molar-refractivity contribution in [2.75, 3.05) is 5.73 Å². The predicted molar refractivity (Wildman–Crippen MR) is 77.9 cm³/mol. The van der Waals surface area contributed by atoms with Crippen LogP contribution in [0.2, 0.25) is 5.02 Å². The summed E-state index contributed by atoms with van der Waals surface area (Å²) in [6.07, 6.45) is 0. The molecule has 100 valence electrons. The summed E-state index contributed by atoms with van der Waals surface area (Å²) in [5, 5.41) is 0.161. The normalized spacial score (nSPS) is 11.5. The van der Waals surface area contributed by atoms with E-state index in [0.29, 0.717) is 0 Å². The van der Waals surface area contributed by atoms with Crippen molar-refractivity contribution in [3.05, 3.63) is 58.6 Å². The molecular weight excluding hydrogens is 282 g/mol. The summed E-state index contributed by atoms with van der Waals surface area (Å²) >= 11 is 5.96. The Balaban J connectivity index is 2.47. The van der Waals surface area contributed by atoms with Crippen LogP contribution in [0.25, 0.3) is 0 Å². The Morgan fingerprint density at radius 1 is 1.11 bits per heavy atom. The summed E-state index contributed by atoms with van der Waals surface area (Å²) in [7, 11) is -3.55. The molecule has 0 atom stereocenters. The highest BCUT2D eigenvalue weighted by Crippen LogP contribution is 2.30. The SMILES string of the molecule is Cc1ccccc1CS(=O)(=O)c1c(N)cccc1Cl. The van der Waals surface area contributed by atoms with Crippen molar-refractivity contribution >= 4 is 27.1 Å². The van der Waals surface area contributed by atoms with E-state index in [1.54, 1.807) is 12.1 Å². The fourth-order valence-corrected chi connectivity index (χ4v) is 4.11. The van der Waals surface area contributed by atoms with Gasteiger partial charge in [0.15, 0.2) is 9.84 Å². The molecule has 0 bridgehead atoms. The van der Waals surface area contributed by atoms with Crippen LogP contribution in [0, 0.1) is 6.92 Å². The van der Waals surface area contributed by atoms with Crippen LogP contribution in [0.5, 0.6) is 0 Å². The van der Waals surface area contributed by atoms with Gasteiger partial charge in [-0.2, -0.15) is 0 Å². The van der Waals surface area contributed by atoms with Crippen molar-refractivity contribution in [2.45, 2.75) is 17.6 Å². The first-order valence-corrected chi connectivity index (χ1v) is 7.76. The number of sulfone groups is 1. The zero-order valence-electron chi connectivity index (χ0n) is 10.4. The molecule has 19 heavy (non-hydrogen) atoms. The molecule has 0 unspecified atom stereocenters. The third-order valence-corrected chi connectivity index (χ3v) is 5.11. The monoisotopic (exact) mass is 295 g/mol. The molecule has 5 heteroatoms. The maximum Gasteiger partial charge on any atom is 0.186 e. The van der Waals surface area contributed by atoms with E-state index in [2.05, 4.69) is 0 Å². The second-order valence-electron chi connectivity index (χ2n) is 4.34. The predicted octanol–water partition coefficient (Wildman–Crippen LogP) is 3.20. The Morgan fingerprint density at radius 2 is 1.79 bits per heavy atom. The number of nitrogen functional groups attached to an aromatic ring is 1. The lowest BCUT2D eigenvalue weighted by Crippen LogP contribution is -2.09. The summed E-state index contributed by atoms with van der Waals surface area (Å²) in [6.45, 7) is 1.88. The van der Waals surface area contributed by atoms with Crippen molar-refractivity contribution in [2.24, 2.45) is 0 Å². The third-order valence-electron chi connectivity index (χ3n) is 2.92. The average Bonchev–Trinajstić information content (AvgIpc) is 2.31. The first-order valence-electron chi connectivity index (χ1n) is 5.73. The molecule has 0 fully saturated rings. The number of aryl methyl sites for hydroxylation is 1. The Bertz CT molecular complexity index is 691. The fraction of sp³-hybridized carbons (Fsp3) is 0.143. The number of hydrogen-bond acceptors (Lipinski definition) is 3. The number of nitrogens with two attached hydrogens (primary N) is 1. The van der Waals surface area contributed by atoms with Gasteiger partial charge in [-0.05, 0) is 30.2 Å². The molecule has 0 radical (unpaired) electrons. The zero-order valence-corrected chi connectivity index (χ0v) is 12.0. The van der Waals surface area contributed by atoms with Gasteiger partial charge in [0.25, 0.3) is 0 Å². The lowest BCUT2D eigenvalue weighted by atomic mass is 10.1. The van der Waals surface area contributed by atoms with Crippen LogP contribution in [0.15, 0.2) is 47.4 Å². The maximum absolute atomic E-state index is 12.4. The molecule has 0 saturated heterocycles. The quantitative estimate of drug-likeness (QED) is 0.885. The highest BCUT2D eigenvalue weighted by Gasteiger charge is 2.22. The molecule has 0 heterocycles. The molecular formula is C14H14ClNO2S. The molecule has 2 aromatic rings. The largest absolute Gasteiger partial charge is 0.398 e. The highest BCUT2D eigenvalue weighted by atomic mass is 35.5. The van der Waals surface area contributed by atoms with Crippen molar-refractivity contribution in [1.29, 1.82) is 0 Å². The van der Waals surface area contributed by atoms with Crippen LogP contribution in [0.4, 0.5) is 5.69 Å². The molecule has 2 N–H and O–H groups in total. The van der Waals surface area contributed by atoms with Gasteiger partial charge < -0.3 is 5.73 Å². The van der Waals surface area contributed by atoms with E-state index >= 15 is 0 Å². The van der Waals surface area contributed by atoms with Gasteiger partial charge in [-0.1, -0.05) is 41.9 Å². The van der Waals surface area contributed by atoms with Gasteiger partial charge in [0.1, 0.15) is 4.90 Å². The summed E-state index contributed by atoms with van der Waals surface area (Å²) < 4.78 is 24.9. The number of benzene rings is 2. The standard InChI is InChI=1S/C14H14ClNO2S/c1-10-5-2-3-6-11(10)9-19(17,18)14-12(15)7-4-8-13(14)16/h2-8H,9,16H2,1H3. The minimum atomic E-state index is -3.55. The van der Waals surface area contributed by atoms with Gasteiger partial charge in [0.05, 0.1) is 16.5 Å². The van der Waals surface area contributed by atoms with E-state index in [4.69, 9.17) is 17.3 Å². The van der Waals surface area contributed by atoms with Gasteiger partial charge in [0.2, 0.25) is 0 Å². The van der Waals surface area contributed by atoms with Crippen molar-refractivity contribution in [3.63, 3.8) is 0 Å². The Morgan fingerprint density at radius 3 is 2.42 bits per heavy atom. The van der Waals surface area contributed by atoms with Crippen molar-refractivity contribution in [1.82, 2.24) is 0 Å². The summed E-state index contributed by atoms with van der Waals surface area (Å²) in [5.41, 5.74) is 7.60. The van der Waals surface area contributed by atoms with Crippen molar-refractivity contribution < 1.29 is 8.42 Å². The topological polar surface area (TPSA) is 60.2 Å². The molecule has 0 aromatic heterocycles. The Hall–Kier alpha value is -1.52. The molecule has 3 nitrogen and oxygen atoms in total. The molecule has 0 saturated carbocycles. The number of hydrogen-bond donors (Lipinski definition) is 1. The van der Waals surface area contributed by atoms with Crippen LogP contribution in [0.1, 0.15) is 11.1 Å². The molecule has 0 amide bonds. The Kier molecular flexibility index (Phi) is 3.83. The Labute approximate surface area is 117 Å². The van der Waals surface area contributed by atoms with E-state index in [1.807, 2.05) is 25.1 Å². The average molecular weight is 296 g/mol. The van der Waals surface area contributed by atoms with Crippen LogP contribution >= 0.6 is 11.6 Å². The highest BCUT2D eigenvalue weighted by molar-refractivity contribution is 7.91. The number of anilines is 1. The van der Waals surface area contributed by atoms with Gasteiger partial charge in [0, 0.05) is 0 Å². The lowest BCUT2D eigenvalue weighted by Gasteiger charge is -2.10. The van der Waals surface area contributed by atoms with Crippen LogP contribution in [0.3, 0.4) is 0 Å². The summed E-state index contributed by atoms with van der Waals surface area (Å²) in [6, 6.07) is 12.0. The van der Waals surface area contributed by atoms with E-state index in [9.17, 15) is 8.42 Å². The minimum Gasteiger partial charge on any atom is -0.398 e. The number of rotatable bonds is 3. The van der Waals surface area contributed by atoms with Gasteiger partial charge in [-0.25, -0.2) is 8.42 Å². The second kappa shape index (κ2) is 5.23. The van der Waals surface area contributed by atoms with Crippen molar-refractivity contribution in [3.8, 4) is 0 Å². The van der Waals surface area contributed by atoms with E-state index < -0.39 is 9.84 Å². The van der Waals surface area contributed by atoms with Gasteiger partial charge in [-0.15, -0.1) is 0 Å². The van der Waals surface area contributed by atoms with Crippen LogP contribution < -0.4 is 5.73 Å². The maximum atomic E-state index is 12.4. The summed E-state index contributed by atoms with van der Waals surface area (Å²) in [4.78, 5) is 0.0138. The molecule has 0 aliphatic rings. The van der Waals surface area contributed by atoms with Gasteiger partial charge in [-0.3, -0.25) is 0 Å². The molecule has 0 spiro atoms. The van der Waals surface area contributed by atoms with Crippen LogP contribution in [-0.4, -0.2) is 8.42 Å². The summed E-state index contributed by atoms with van der Waals surface area (Å²) in [5.74, 6) is -0.104. The third kappa shape index (κ3) is 2.91. The molecule has 2 rings (SSSR count). The lowest BCUT2D eigenvalue weighted by molar-refractivity contribution is 0.595. The smallest absolute Gasteiger partial charge is 0.186 e. The van der Waals surface area contributed by atoms with Gasteiger partial charge >= 0.3 is 0 Å².